The van der Waals surface area contributed by atoms with Gasteiger partial charge in [-0.25, -0.2) is 4.68 Å². The Labute approximate surface area is 97.8 Å². The molecule has 2 N–H and O–H groups in total. The summed E-state index contributed by atoms with van der Waals surface area (Å²) in [4.78, 5) is 1.24. The maximum absolute atomic E-state index is 5.52. The van der Waals surface area contributed by atoms with Crippen LogP contribution in [-0.4, -0.2) is 21.6 Å². The highest BCUT2D eigenvalue weighted by atomic mass is 32.1. The fraction of sp³-hybridized carbons (Fsp3) is 0.400. The number of aromatic nitrogens is 3. The van der Waals surface area contributed by atoms with E-state index >= 15 is 0 Å². The molecule has 0 aliphatic carbocycles. The van der Waals surface area contributed by atoms with Crippen LogP contribution in [0, 0.1) is 0 Å². The van der Waals surface area contributed by atoms with Crippen molar-refractivity contribution in [3.05, 3.63) is 34.3 Å². The molecular formula is C10H14N4OS. The van der Waals surface area contributed by atoms with Crippen LogP contribution in [0.15, 0.2) is 23.7 Å². The topological polar surface area (TPSA) is 66.0 Å². The highest BCUT2D eigenvalue weighted by molar-refractivity contribution is 7.09. The minimum atomic E-state index is 0.427. The maximum Gasteiger partial charge on any atom is 0.0962 e. The Morgan fingerprint density at radius 2 is 2.44 bits per heavy atom. The van der Waals surface area contributed by atoms with E-state index in [1.54, 1.807) is 16.0 Å². The molecular weight excluding hydrogens is 224 g/mol. The Bertz CT molecular complexity index is 412. The van der Waals surface area contributed by atoms with Crippen LogP contribution in [0.1, 0.15) is 10.6 Å². The Morgan fingerprint density at radius 3 is 3.12 bits per heavy atom. The average Bonchev–Trinajstić information content (AvgIpc) is 2.95. The Kier molecular flexibility index (Phi) is 4.03. The van der Waals surface area contributed by atoms with Gasteiger partial charge < -0.3 is 10.5 Å². The quantitative estimate of drug-likeness (QED) is 0.763. The molecule has 2 aromatic heterocycles. The van der Waals surface area contributed by atoms with Crippen molar-refractivity contribution in [2.75, 3.05) is 6.61 Å². The minimum absolute atomic E-state index is 0.427. The van der Waals surface area contributed by atoms with E-state index in [1.165, 1.54) is 4.88 Å². The van der Waals surface area contributed by atoms with Crippen molar-refractivity contribution in [1.82, 2.24) is 15.0 Å². The normalized spacial score (nSPS) is 10.8. The molecule has 0 atom stereocenters. The Hall–Kier alpha value is -1.24. The van der Waals surface area contributed by atoms with Crippen molar-refractivity contribution in [3.8, 4) is 0 Å². The molecule has 0 unspecified atom stereocenters. The van der Waals surface area contributed by atoms with Gasteiger partial charge >= 0.3 is 0 Å². The van der Waals surface area contributed by atoms with E-state index in [0.717, 1.165) is 5.69 Å². The Morgan fingerprint density at radius 1 is 1.50 bits per heavy atom. The molecule has 0 saturated carbocycles. The molecule has 0 aliphatic heterocycles. The molecule has 2 heterocycles. The van der Waals surface area contributed by atoms with E-state index in [9.17, 15) is 0 Å². The number of hydrogen-bond acceptors (Lipinski definition) is 5. The van der Waals surface area contributed by atoms with Gasteiger partial charge in [-0.3, -0.25) is 0 Å². The molecule has 0 aromatic carbocycles. The van der Waals surface area contributed by atoms with Crippen molar-refractivity contribution >= 4 is 11.3 Å². The predicted octanol–water partition coefficient (Wildman–Crippen LogP) is 1.02. The van der Waals surface area contributed by atoms with Gasteiger partial charge in [-0.05, 0) is 11.4 Å². The van der Waals surface area contributed by atoms with E-state index < -0.39 is 0 Å². The van der Waals surface area contributed by atoms with Crippen LogP contribution >= 0.6 is 11.3 Å². The fourth-order valence-corrected chi connectivity index (χ4v) is 1.91. The van der Waals surface area contributed by atoms with Gasteiger partial charge in [-0.15, -0.1) is 16.4 Å². The lowest BCUT2D eigenvalue weighted by Gasteiger charge is -2.01. The zero-order chi connectivity index (χ0) is 11.2. The third kappa shape index (κ3) is 3.13. The number of ether oxygens (including phenoxy) is 1. The van der Waals surface area contributed by atoms with Gasteiger partial charge in [0.2, 0.25) is 0 Å². The first-order chi connectivity index (χ1) is 7.88. The maximum atomic E-state index is 5.52. The van der Waals surface area contributed by atoms with Crippen LogP contribution in [-0.2, 0) is 24.4 Å². The highest BCUT2D eigenvalue weighted by Crippen LogP contribution is 2.09. The van der Waals surface area contributed by atoms with E-state index in [-0.39, 0.29) is 0 Å². The summed E-state index contributed by atoms with van der Waals surface area (Å²) < 4.78 is 7.26. The van der Waals surface area contributed by atoms with Gasteiger partial charge in [0.15, 0.2) is 0 Å². The SMILES string of the molecule is NCc1cn(CCOCc2cccs2)nn1. The molecule has 6 heteroatoms. The molecule has 2 rings (SSSR count). The minimum Gasteiger partial charge on any atom is -0.374 e. The summed E-state index contributed by atoms with van der Waals surface area (Å²) in [5.41, 5.74) is 6.24. The van der Waals surface area contributed by atoms with Crippen molar-refractivity contribution in [1.29, 1.82) is 0 Å². The standard InChI is InChI=1S/C10H14N4OS/c11-6-9-7-14(13-12-9)3-4-15-8-10-2-1-5-16-10/h1-2,5,7H,3-4,6,8,11H2. The van der Waals surface area contributed by atoms with Crippen LogP contribution in [0.2, 0.25) is 0 Å². The molecule has 0 spiro atoms. The first-order valence-corrected chi connectivity index (χ1v) is 5.95. The van der Waals surface area contributed by atoms with E-state index in [2.05, 4.69) is 16.4 Å². The van der Waals surface area contributed by atoms with Crippen LogP contribution in [0.4, 0.5) is 0 Å². The molecule has 5 nitrogen and oxygen atoms in total. The van der Waals surface area contributed by atoms with E-state index in [0.29, 0.717) is 26.3 Å². The van der Waals surface area contributed by atoms with Crippen LogP contribution in [0.5, 0.6) is 0 Å². The molecule has 0 saturated heterocycles. The van der Waals surface area contributed by atoms with Crippen molar-refractivity contribution in [2.24, 2.45) is 5.73 Å². The van der Waals surface area contributed by atoms with Crippen LogP contribution < -0.4 is 5.73 Å². The average molecular weight is 238 g/mol. The number of nitrogens with zero attached hydrogens (tertiary/aromatic N) is 3. The summed E-state index contributed by atoms with van der Waals surface area (Å²) in [5.74, 6) is 0. The number of hydrogen-bond donors (Lipinski definition) is 1. The summed E-state index contributed by atoms with van der Waals surface area (Å²) in [6.45, 7) is 2.43. The molecule has 0 aliphatic rings. The third-order valence-corrected chi connectivity index (χ3v) is 2.93. The number of thiophene rings is 1. The van der Waals surface area contributed by atoms with Crippen LogP contribution in [0.3, 0.4) is 0 Å². The predicted molar refractivity (Wildman–Crippen MR) is 61.9 cm³/mol. The lowest BCUT2D eigenvalue weighted by molar-refractivity contribution is 0.112. The zero-order valence-electron chi connectivity index (χ0n) is 8.87. The molecule has 0 amide bonds. The number of nitrogens with two attached hydrogens (primary N) is 1. The highest BCUT2D eigenvalue weighted by Gasteiger charge is 1.98. The fourth-order valence-electron chi connectivity index (χ4n) is 1.27. The monoisotopic (exact) mass is 238 g/mol. The van der Waals surface area contributed by atoms with E-state index in [4.69, 9.17) is 10.5 Å². The Balaban J connectivity index is 1.68. The van der Waals surface area contributed by atoms with E-state index in [1.807, 2.05) is 17.6 Å². The molecule has 86 valence electrons. The largest absolute Gasteiger partial charge is 0.374 e. The first kappa shape index (κ1) is 11.3. The molecule has 0 fully saturated rings. The van der Waals surface area contributed by atoms with Gasteiger partial charge in [0.25, 0.3) is 0 Å². The van der Waals surface area contributed by atoms with Crippen molar-refractivity contribution in [3.63, 3.8) is 0 Å². The summed E-state index contributed by atoms with van der Waals surface area (Å²) in [6, 6.07) is 4.08. The summed E-state index contributed by atoms with van der Waals surface area (Å²) in [6.07, 6.45) is 1.84. The second-order valence-electron chi connectivity index (χ2n) is 3.31. The number of rotatable bonds is 6. The summed E-state index contributed by atoms with van der Waals surface area (Å²) in [7, 11) is 0. The van der Waals surface area contributed by atoms with Crippen molar-refractivity contribution in [2.45, 2.75) is 19.7 Å². The molecule has 0 bridgehead atoms. The second-order valence-corrected chi connectivity index (χ2v) is 4.34. The van der Waals surface area contributed by atoms with Gasteiger partial charge in [-0.1, -0.05) is 11.3 Å². The lowest BCUT2D eigenvalue weighted by atomic mass is 10.5. The lowest BCUT2D eigenvalue weighted by Crippen LogP contribution is -2.06. The van der Waals surface area contributed by atoms with Gasteiger partial charge in [0, 0.05) is 17.6 Å². The molecule has 2 aromatic rings. The molecule has 16 heavy (non-hydrogen) atoms. The van der Waals surface area contributed by atoms with Crippen LogP contribution in [0.25, 0.3) is 0 Å². The van der Waals surface area contributed by atoms with Gasteiger partial charge in [-0.2, -0.15) is 0 Å². The molecule has 0 radical (unpaired) electrons. The first-order valence-electron chi connectivity index (χ1n) is 5.07. The second kappa shape index (κ2) is 5.74. The third-order valence-electron chi connectivity index (χ3n) is 2.08. The van der Waals surface area contributed by atoms with Gasteiger partial charge in [0.05, 0.1) is 25.5 Å². The van der Waals surface area contributed by atoms with Crippen molar-refractivity contribution < 1.29 is 4.74 Å². The zero-order valence-corrected chi connectivity index (χ0v) is 9.69. The summed E-state index contributed by atoms with van der Waals surface area (Å²) in [5, 5.41) is 9.87. The smallest absolute Gasteiger partial charge is 0.0962 e. The summed E-state index contributed by atoms with van der Waals surface area (Å²) >= 11 is 1.70. The van der Waals surface area contributed by atoms with Gasteiger partial charge in [0.1, 0.15) is 0 Å².